The molecule has 0 aromatic rings. The summed E-state index contributed by atoms with van der Waals surface area (Å²) in [5.74, 6) is 0.705. The van der Waals surface area contributed by atoms with Gasteiger partial charge in [-0.15, -0.1) is 0 Å². The number of aliphatic imine (C=N–C) groups is 1. The van der Waals surface area contributed by atoms with Crippen molar-refractivity contribution in [2.75, 3.05) is 46.9 Å². The molecule has 2 heterocycles. The van der Waals surface area contributed by atoms with Crippen LogP contribution in [0.5, 0.6) is 0 Å². The minimum atomic E-state index is -0.133. The summed E-state index contributed by atoms with van der Waals surface area (Å²) < 4.78 is 4.79. The summed E-state index contributed by atoms with van der Waals surface area (Å²) >= 11 is 0. The Morgan fingerprint density at radius 2 is 1.77 bits per heavy atom. The Morgan fingerprint density at radius 1 is 1.14 bits per heavy atom. The van der Waals surface area contributed by atoms with Crippen LogP contribution in [0.2, 0.25) is 0 Å². The Bertz CT molecular complexity index is 425. The molecule has 0 unspecified atom stereocenters. The maximum atomic E-state index is 12.1. The van der Waals surface area contributed by atoms with Gasteiger partial charge in [-0.1, -0.05) is 0 Å². The number of piperidine rings is 1. The molecule has 0 radical (unpaired) electrons. The topological polar surface area (TPSA) is 74.2 Å². The van der Waals surface area contributed by atoms with Crippen LogP contribution in [-0.4, -0.2) is 74.5 Å². The van der Waals surface area contributed by atoms with Crippen molar-refractivity contribution >= 4 is 17.8 Å². The van der Waals surface area contributed by atoms with E-state index in [4.69, 9.17) is 4.74 Å². The molecule has 1 N–H and O–H groups in total. The van der Waals surface area contributed by atoms with Crippen LogP contribution in [0.15, 0.2) is 4.99 Å². The van der Waals surface area contributed by atoms with Crippen LogP contribution >= 0.6 is 0 Å². The van der Waals surface area contributed by atoms with Crippen molar-refractivity contribution in [2.24, 2.45) is 10.9 Å². The normalized spacial score (nSPS) is 20.2. The van der Waals surface area contributed by atoms with Crippen molar-refractivity contribution in [1.82, 2.24) is 15.1 Å². The van der Waals surface area contributed by atoms with Gasteiger partial charge in [-0.2, -0.15) is 0 Å². The fourth-order valence-electron chi connectivity index (χ4n) is 3.06. The molecule has 2 saturated heterocycles. The van der Waals surface area contributed by atoms with Gasteiger partial charge in [0.25, 0.3) is 0 Å². The van der Waals surface area contributed by atoms with E-state index in [9.17, 15) is 9.59 Å². The third-order valence-electron chi connectivity index (χ3n) is 4.40. The minimum absolute atomic E-state index is 0.0226. The quantitative estimate of drug-likeness (QED) is 0.454. The number of carbonyl (C=O) groups is 2. The lowest BCUT2D eigenvalue weighted by atomic mass is 9.97. The Kier molecular flexibility index (Phi) is 6.03. The third kappa shape index (κ3) is 4.11. The van der Waals surface area contributed by atoms with Crippen LogP contribution in [0.4, 0.5) is 0 Å². The summed E-state index contributed by atoms with van der Waals surface area (Å²) in [5.41, 5.74) is 0. The number of nitrogens with zero attached hydrogens (tertiary/aromatic N) is 3. The molecule has 2 aliphatic heterocycles. The number of carbonyl (C=O) groups excluding carboxylic acids is 2. The van der Waals surface area contributed by atoms with Crippen LogP contribution in [0.1, 0.15) is 25.7 Å². The number of hydrogen-bond acceptors (Lipinski definition) is 4. The number of rotatable bonds is 3. The zero-order valence-corrected chi connectivity index (χ0v) is 13.5. The summed E-state index contributed by atoms with van der Waals surface area (Å²) in [6.07, 6.45) is 3.71. The van der Waals surface area contributed by atoms with Crippen molar-refractivity contribution in [3.8, 4) is 0 Å². The Balaban J connectivity index is 1.78. The molecule has 0 spiro atoms. The molecule has 1 amide bonds. The highest BCUT2D eigenvalue weighted by atomic mass is 16.5. The molecular formula is C15H26N4O3. The molecular weight excluding hydrogens is 284 g/mol. The standard InChI is InChI=1S/C15H26N4O3/c1-16-15(17-11-13(20)18-7-3-4-8-18)19-9-5-12(6-10-19)14(21)22-2/h12H,3-11H2,1-2H3,(H,16,17). The molecule has 124 valence electrons. The summed E-state index contributed by atoms with van der Waals surface area (Å²) in [5, 5.41) is 3.14. The van der Waals surface area contributed by atoms with Gasteiger partial charge in [0, 0.05) is 33.2 Å². The maximum absolute atomic E-state index is 12.1. The molecule has 2 aliphatic rings. The van der Waals surface area contributed by atoms with E-state index in [1.54, 1.807) is 7.05 Å². The first-order valence-corrected chi connectivity index (χ1v) is 7.97. The average Bonchev–Trinajstić information content (AvgIpc) is 3.09. The molecule has 2 rings (SSSR count). The summed E-state index contributed by atoms with van der Waals surface area (Å²) in [6.45, 7) is 3.51. The first kappa shape index (κ1) is 16.6. The summed E-state index contributed by atoms with van der Waals surface area (Å²) in [7, 11) is 3.15. The lowest BCUT2D eigenvalue weighted by molar-refractivity contribution is -0.146. The minimum Gasteiger partial charge on any atom is -0.469 e. The molecule has 22 heavy (non-hydrogen) atoms. The lowest BCUT2D eigenvalue weighted by Crippen LogP contribution is -2.49. The van der Waals surface area contributed by atoms with Crippen LogP contribution in [0.25, 0.3) is 0 Å². The number of guanidine groups is 1. The first-order chi connectivity index (χ1) is 10.7. The van der Waals surface area contributed by atoms with Crippen LogP contribution in [0, 0.1) is 5.92 Å². The van der Waals surface area contributed by atoms with E-state index >= 15 is 0 Å². The van der Waals surface area contributed by atoms with Gasteiger partial charge in [-0.05, 0) is 25.7 Å². The Morgan fingerprint density at radius 3 is 2.32 bits per heavy atom. The SMILES string of the molecule is CN=C(NCC(=O)N1CCCC1)N1CCC(C(=O)OC)CC1. The third-order valence-corrected chi connectivity index (χ3v) is 4.40. The number of likely N-dealkylation sites (tertiary alicyclic amines) is 2. The number of esters is 1. The van der Waals surface area contributed by atoms with Crippen molar-refractivity contribution in [3.63, 3.8) is 0 Å². The fraction of sp³-hybridized carbons (Fsp3) is 0.800. The van der Waals surface area contributed by atoms with E-state index in [2.05, 4.69) is 15.2 Å². The van der Waals surface area contributed by atoms with E-state index in [1.807, 2.05) is 4.90 Å². The van der Waals surface area contributed by atoms with Crippen molar-refractivity contribution in [1.29, 1.82) is 0 Å². The molecule has 7 heteroatoms. The monoisotopic (exact) mass is 310 g/mol. The van der Waals surface area contributed by atoms with E-state index in [0.29, 0.717) is 0 Å². The maximum Gasteiger partial charge on any atom is 0.308 e. The molecule has 0 aromatic heterocycles. The van der Waals surface area contributed by atoms with Gasteiger partial charge in [0.2, 0.25) is 5.91 Å². The van der Waals surface area contributed by atoms with Gasteiger partial charge in [0.1, 0.15) is 0 Å². The predicted molar refractivity (Wildman–Crippen MR) is 83.5 cm³/mol. The van der Waals surface area contributed by atoms with E-state index in [1.165, 1.54) is 7.11 Å². The van der Waals surface area contributed by atoms with Gasteiger partial charge >= 0.3 is 5.97 Å². The number of methoxy groups -OCH3 is 1. The van der Waals surface area contributed by atoms with E-state index in [0.717, 1.165) is 57.8 Å². The Hall–Kier alpha value is -1.79. The first-order valence-electron chi connectivity index (χ1n) is 7.97. The zero-order chi connectivity index (χ0) is 15.9. The molecule has 0 atom stereocenters. The highest BCUT2D eigenvalue weighted by molar-refractivity contribution is 5.86. The van der Waals surface area contributed by atoms with Gasteiger partial charge < -0.3 is 19.9 Å². The van der Waals surface area contributed by atoms with Gasteiger partial charge in [0.15, 0.2) is 5.96 Å². The molecule has 0 saturated carbocycles. The zero-order valence-electron chi connectivity index (χ0n) is 13.5. The van der Waals surface area contributed by atoms with E-state index in [-0.39, 0.29) is 24.3 Å². The van der Waals surface area contributed by atoms with Crippen LogP contribution in [-0.2, 0) is 14.3 Å². The van der Waals surface area contributed by atoms with Crippen molar-refractivity contribution < 1.29 is 14.3 Å². The van der Waals surface area contributed by atoms with Gasteiger partial charge in [-0.25, -0.2) is 0 Å². The second-order valence-electron chi connectivity index (χ2n) is 5.77. The smallest absolute Gasteiger partial charge is 0.308 e. The molecule has 0 aromatic carbocycles. The van der Waals surface area contributed by atoms with Crippen molar-refractivity contribution in [3.05, 3.63) is 0 Å². The number of amides is 1. The summed E-state index contributed by atoms with van der Waals surface area (Å²) in [4.78, 5) is 31.8. The van der Waals surface area contributed by atoms with Crippen LogP contribution < -0.4 is 5.32 Å². The predicted octanol–water partition coefficient (Wildman–Crippen LogP) is 0.0692. The van der Waals surface area contributed by atoms with Crippen LogP contribution in [0.3, 0.4) is 0 Å². The van der Waals surface area contributed by atoms with Crippen molar-refractivity contribution in [2.45, 2.75) is 25.7 Å². The van der Waals surface area contributed by atoms with E-state index < -0.39 is 0 Å². The fourth-order valence-corrected chi connectivity index (χ4v) is 3.06. The second kappa shape index (κ2) is 8.00. The lowest BCUT2D eigenvalue weighted by Gasteiger charge is -2.33. The highest BCUT2D eigenvalue weighted by Gasteiger charge is 2.27. The number of hydrogen-bond donors (Lipinski definition) is 1. The number of nitrogens with one attached hydrogen (secondary N) is 1. The molecule has 0 bridgehead atoms. The Labute approximate surface area is 131 Å². The van der Waals surface area contributed by atoms with Gasteiger partial charge in [0.05, 0.1) is 19.6 Å². The highest BCUT2D eigenvalue weighted by Crippen LogP contribution is 2.18. The average molecular weight is 310 g/mol. The number of ether oxygens (including phenoxy) is 1. The van der Waals surface area contributed by atoms with Gasteiger partial charge in [-0.3, -0.25) is 14.6 Å². The second-order valence-corrected chi connectivity index (χ2v) is 5.77. The molecule has 7 nitrogen and oxygen atoms in total. The summed E-state index contributed by atoms with van der Waals surface area (Å²) in [6, 6.07) is 0. The molecule has 2 fully saturated rings. The molecule has 0 aliphatic carbocycles. The largest absolute Gasteiger partial charge is 0.469 e.